The molecule has 0 spiro atoms. The van der Waals surface area contributed by atoms with Crippen LogP contribution in [0.3, 0.4) is 0 Å². The van der Waals surface area contributed by atoms with E-state index in [2.05, 4.69) is 30.0 Å². The Morgan fingerprint density at radius 1 is 1.53 bits per heavy atom. The molecular weight excluding hydrogens is 214 g/mol. The lowest BCUT2D eigenvalue weighted by atomic mass is 10.0. The van der Waals surface area contributed by atoms with Crippen molar-refractivity contribution in [3.8, 4) is 0 Å². The van der Waals surface area contributed by atoms with E-state index in [-0.39, 0.29) is 0 Å². The second kappa shape index (κ2) is 5.67. The Balaban J connectivity index is 1.90. The average molecular weight is 237 g/mol. The number of rotatable bonds is 4. The summed E-state index contributed by atoms with van der Waals surface area (Å²) in [5, 5.41) is 0. The Labute approximate surface area is 103 Å². The molecule has 0 amide bonds. The number of nitrogens with zero attached hydrogens (tertiary/aromatic N) is 2. The van der Waals surface area contributed by atoms with Crippen LogP contribution in [0.25, 0.3) is 0 Å². The minimum Gasteiger partial charge on any atom is -0.468 e. The first kappa shape index (κ1) is 12.6. The summed E-state index contributed by atoms with van der Waals surface area (Å²) in [6.07, 6.45) is 4.34. The molecule has 0 bridgehead atoms. The third kappa shape index (κ3) is 3.31. The molecule has 1 aromatic rings. The zero-order chi connectivity index (χ0) is 12.3. The van der Waals surface area contributed by atoms with Crippen LogP contribution in [0.4, 0.5) is 0 Å². The first-order valence-corrected chi connectivity index (χ1v) is 6.34. The van der Waals surface area contributed by atoms with Gasteiger partial charge < -0.3 is 15.1 Å². The number of furan rings is 1. The van der Waals surface area contributed by atoms with Crippen LogP contribution in [-0.2, 0) is 13.1 Å². The third-order valence-electron chi connectivity index (χ3n) is 3.53. The van der Waals surface area contributed by atoms with Crippen LogP contribution in [0, 0.1) is 0 Å². The van der Waals surface area contributed by atoms with Gasteiger partial charge in [-0.15, -0.1) is 0 Å². The van der Waals surface area contributed by atoms with E-state index in [1.165, 1.54) is 19.4 Å². The standard InChI is InChI=1S/C13H23N3O/c1-15(2)12-4-3-5-16(8-12)9-13-6-11(7-14)10-17-13/h6,10,12H,3-5,7-9,14H2,1-2H3. The molecule has 0 aliphatic carbocycles. The van der Waals surface area contributed by atoms with Crippen molar-refractivity contribution in [1.82, 2.24) is 9.80 Å². The van der Waals surface area contributed by atoms with Crippen LogP contribution in [-0.4, -0.2) is 43.0 Å². The van der Waals surface area contributed by atoms with Crippen molar-refractivity contribution in [2.24, 2.45) is 5.73 Å². The van der Waals surface area contributed by atoms with Crippen molar-refractivity contribution in [3.63, 3.8) is 0 Å². The fourth-order valence-electron chi connectivity index (χ4n) is 2.43. The molecule has 4 heteroatoms. The van der Waals surface area contributed by atoms with Gasteiger partial charge in [-0.05, 0) is 39.5 Å². The van der Waals surface area contributed by atoms with E-state index in [0.29, 0.717) is 12.6 Å². The summed E-state index contributed by atoms with van der Waals surface area (Å²) in [6, 6.07) is 2.74. The van der Waals surface area contributed by atoms with E-state index in [9.17, 15) is 0 Å². The van der Waals surface area contributed by atoms with Crippen LogP contribution in [0.1, 0.15) is 24.2 Å². The van der Waals surface area contributed by atoms with Crippen molar-refractivity contribution in [1.29, 1.82) is 0 Å². The average Bonchev–Trinajstić information content (AvgIpc) is 2.77. The molecule has 1 atom stereocenters. The smallest absolute Gasteiger partial charge is 0.118 e. The molecule has 2 N–H and O–H groups in total. The van der Waals surface area contributed by atoms with Gasteiger partial charge in [0.1, 0.15) is 5.76 Å². The van der Waals surface area contributed by atoms with Crippen molar-refractivity contribution >= 4 is 0 Å². The number of hydrogen-bond acceptors (Lipinski definition) is 4. The second-order valence-electron chi connectivity index (χ2n) is 5.12. The van der Waals surface area contributed by atoms with Crippen molar-refractivity contribution in [3.05, 3.63) is 23.7 Å². The molecule has 2 heterocycles. The molecule has 1 aliphatic heterocycles. The maximum atomic E-state index is 5.58. The lowest BCUT2D eigenvalue weighted by molar-refractivity contribution is 0.121. The van der Waals surface area contributed by atoms with Gasteiger partial charge in [0, 0.05) is 24.7 Å². The van der Waals surface area contributed by atoms with Crippen LogP contribution < -0.4 is 5.73 Å². The fraction of sp³-hybridized carbons (Fsp3) is 0.692. The summed E-state index contributed by atoms with van der Waals surface area (Å²) in [4.78, 5) is 4.78. The molecule has 2 rings (SSSR count). The maximum Gasteiger partial charge on any atom is 0.118 e. The van der Waals surface area contributed by atoms with Gasteiger partial charge >= 0.3 is 0 Å². The zero-order valence-corrected chi connectivity index (χ0v) is 10.9. The number of likely N-dealkylation sites (tertiary alicyclic amines) is 1. The summed E-state index contributed by atoms with van der Waals surface area (Å²) in [7, 11) is 4.32. The van der Waals surface area contributed by atoms with Crippen molar-refractivity contribution < 1.29 is 4.42 Å². The quantitative estimate of drug-likeness (QED) is 0.856. The van der Waals surface area contributed by atoms with Gasteiger partial charge in [0.15, 0.2) is 0 Å². The van der Waals surface area contributed by atoms with Gasteiger partial charge in [0.2, 0.25) is 0 Å². The predicted octanol–water partition coefficient (Wildman–Crippen LogP) is 1.26. The molecule has 0 saturated carbocycles. The number of piperidine rings is 1. The van der Waals surface area contributed by atoms with Crippen LogP contribution in [0.15, 0.2) is 16.7 Å². The molecule has 1 unspecified atom stereocenters. The Morgan fingerprint density at radius 2 is 2.35 bits per heavy atom. The number of nitrogens with two attached hydrogens (primary N) is 1. The monoisotopic (exact) mass is 237 g/mol. The van der Waals surface area contributed by atoms with Gasteiger partial charge in [-0.25, -0.2) is 0 Å². The lowest BCUT2D eigenvalue weighted by Crippen LogP contribution is -2.44. The van der Waals surface area contributed by atoms with E-state index in [4.69, 9.17) is 10.2 Å². The number of likely N-dealkylation sites (N-methyl/N-ethyl adjacent to an activating group) is 1. The molecule has 96 valence electrons. The first-order chi connectivity index (χ1) is 8.19. The summed E-state index contributed by atoms with van der Waals surface area (Å²) in [5.74, 6) is 1.03. The van der Waals surface area contributed by atoms with Crippen LogP contribution >= 0.6 is 0 Å². The second-order valence-corrected chi connectivity index (χ2v) is 5.12. The molecule has 1 aromatic heterocycles. The van der Waals surface area contributed by atoms with Gasteiger partial charge in [-0.3, -0.25) is 4.90 Å². The minimum atomic E-state index is 0.559. The highest BCUT2D eigenvalue weighted by Gasteiger charge is 2.21. The highest BCUT2D eigenvalue weighted by molar-refractivity contribution is 5.12. The third-order valence-corrected chi connectivity index (χ3v) is 3.53. The highest BCUT2D eigenvalue weighted by atomic mass is 16.3. The Hall–Kier alpha value is -0.840. The van der Waals surface area contributed by atoms with E-state index >= 15 is 0 Å². The molecule has 17 heavy (non-hydrogen) atoms. The highest BCUT2D eigenvalue weighted by Crippen LogP contribution is 2.17. The summed E-state index contributed by atoms with van der Waals surface area (Å²) >= 11 is 0. The van der Waals surface area contributed by atoms with Crippen LogP contribution in [0.5, 0.6) is 0 Å². The maximum absolute atomic E-state index is 5.58. The van der Waals surface area contributed by atoms with E-state index in [1.54, 1.807) is 6.26 Å². The fourth-order valence-corrected chi connectivity index (χ4v) is 2.43. The molecular formula is C13H23N3O. The Kier molecular flexibility index (Phi) is 4.20. The van der Waals surface area contributed by atoms with Gasteiger partial charge in [-0.2, -0.15) is 0 Å². The molecule has 0 radical (unpaired) electrons. The molecule has 1 saturated heterocycles. The summed E-state index contributed by atoms with van der Waals surface area (Å²) < 4.78 is 5.52. The SMILES string of the molecule is CN(C)C1CCCN(Cc2cc(CN)co2)C1. The van der Waals surface area contributed by atoms with Crippen molar-refractivity contribution in [2.45, 2.75) is 32.0 Å². The van der Waals surface area contributed by atoms with E-state index < -0.39 is 0 Å². The normalized spacial score (nSPS) is 22.2. The van der Waals surface area contributed by atoms with E-state index in [1.807, 2.05) is 0 Å². The summed E-state index contributed by atoms with van der Waals surface area (Å²) in [5.41, 5.74) is 6.66. The first-order valence-electron chi connectivity index (χ1n) is 6.34. The Bertz CT molecular complexity index is 348. The molecule has 0 aromatic carbocycles. The predicted molar refractivity (Wildman–Crippen MR) is 68.6 cm³/mol. The molecule has 4 nitrogen and oxygen atoms in total. The van der Waals surface area contributed by atoms with Gasteiger partial charge in [0.05, 0.1) is 12.8 Å². The zero-order valence-electron chi connectivity index (χ0n) is 10.9. The van der Waals surface area contributed by atoms with Gasteiger partial charge in [0.25, 0.3) is 0 Å². The topological polar surface area (TPSA) is 45.6 Å². The molecule has 1 fully saturated rings. The molecule has 1 aliphatic rings. The minimum absolute atomic E-state index is 0.559. The van der Waals surface area contributed by atoms with E-state index in [0.717, 1.165) is 24.4 Å². The van der Waals surface area contributed by atoms with Crippen molar-refractivity contribution in [2.75, 3.05) is 27.2 Å². The summed E-state index contributed by atoms with van der Waals surface area (Å²) in [6.45, 7) is 3.77. The van der Waals surface area contributed by atoms with Crippen LogP contribution in [0.2, 0.25) is 0 Å². The lowest BCUT2D eigenvalue weighted by Gasteiger charge is -2.35. The van der Waals surface area contributed by atoms with Gasteiger partial charge in [-0.1, -0.05) is 0 Å². The number of hydrogen-bond donors (Lipinski definition) is 1. The largest absolute Gasteiger partial charge is 0.468 e. The Morgan fingerprint density at radius 3 is 3.00 bits per heavy atom.